The zero-order valence-electron chi connectivity index (χ0n) is 32.7. The van der Waals surface area contributed by atoms with Crippen molar-refractivity contribution in [1.82, 2.24) is 40.0 Å². The Balaban J connectivity index is 0.942. The summed E-state index contributed by atoms with van der Waals surface area (Å²) in [6.45, 7) is 0.476. The monoisotopic (exact) mass is 794 g/mol. The predicted molar refractivity (Wildman–Crippen MR) is 217 cm³/mol. The molecule has 1 unspecified atom stereocenters. The molecule has 58 heavy (non-hydrogen) atoms. The number of benzene rings is 2. The van der Waals surface area contributed by atoms with Gasteiger partial charge < -0.3 is 20.7 Å². The van der Waals surface area contributed by atoms with Crippen LogP contribution in [0.1, 0.15) is 79.8 Å². The van der Waals surface area contributed by atoms with Crippen molar-refractivity contribution in [2.45, 2.75) is 70.3 Å². The van der Waals surface area contributed by atoms with Crippen molar-refractivity contribution >= 4 is 52.0 Å². The van der Waals surface area contributed by atoms with E-state index < -0.39 is 29.7 Å². The number of carbonyl (C=O) groups is 4. The Bertz CT molecular complexity index is 2360. The minimum atomic E-state index is -0.704. The minimum absolute atomic E-state index is 0.202. The second-order valence-corrected chi connectivity index (χ2v) is 14.0. The molecule has 3 aromatic heterocycles. The van der Waals surface area contributed by atoms with Crippen molar-refractivity contribution in [2.24, 2.45) is 7.05 Å². The normalized spacial score (nSPS) is 13.9. The standard InChI is InChI=1S/C41H47FN10O6/c1-43-38(54)28-24-45-33(21-30(28)48-29-16-12-15-27(36(29)58-3)37-46-22-26(42)23-47-37)49-40(56)44-20-10-8-6-4-5-7-9-13-25-14-11-17-31-35(25)51(2)41(57)52(31)32-18-19-34(53)50-39(32)55/h11-12,14-17,21-24,32H,4-10,13,18-20H2,1-3H3,(H,43,54)(H,50,53,55)(H3,44,45,48,49,56). The highest BCUT2D eigenvalue weighted by atomic mass is 19.1. The number of imide groups is 1. The van der Waals surface area contributed by atoms with Crippen molar-refractivity contribution in [3.63, 3.8) is 0 Å². The molecule has 0 spiro atoms. The van der Waals surface area contributed by atoms with Crippen LogP contribution in [0.3, 0.4) is 0 Å². The molecule has 0 radical (unpaired) electrons. The number of aryl methyl sites for hydroxylation is 2. The van der Waals surface area contributed by atoms with Crippen LogP contribution in [0.4, 0.5) is 26.4 Å². The number of rotatable bonds is 17. The molecule has 304 valence electrons. The molecule has 17 heteroatoms. The SMILES string of the molecule is CNC(=O)c1cnc(NC(=O)NCCCCCCCCCc2cccc3c2n(C)c(=O)n3C2CCC(=O)NC2=O)cc1Nc1cccc(-c2ncc(F)cn2)c1OC. The zero-order chi connectivity index (χ0) is 41.2. The molecule has 0 aliphatic carbocycles. The molecule has 1 aliphatic heterocycles. The van der Waals surface area contributed by atoms with Crippen LogP contribution in [0.15, 0.2) is 65.8 Å². The van der Waals surface area contributed by atoms with E-state index in [2.05, 4.69) is 41.5 Å². The molecule has 0 bridgehead atoms. The Morgan fingerprint density at radius 2 is 1.66 bits per heavy atom. The number of halogens is 1. The summed E-state index contributed by atoms with van der Waals surface area (Å²) in [5, 5.41) is 13.7. The van der Waals surface area contributed by atoms with Crippen LogP contribution in [0.25, 0.3) is 22.4 Å². The molecule has 16 nitrogen and oxygen atoms in total. The highest BCUT2D eigenvalue weighted by Gasteiger charge is 2.31. The number of carbonyl (C=O) groups excluding carboxylic acids is 4. The number of para-hydroxylation sites is 2. The molecule has 1 atom stereocenters. The summed E-state index contributed by atoms with van der Waals surface area (Å²) in [7, 11) is 4.70. The molecule has 5 N–H and O–H groups in total. The number of piperidine rings is 1. The van der Waals surface area contributed by atoms with Gasteiger partial charge in [-0.05, 0) is 49.4 Å². The Labute approximate surface area is 334 Å². The van der Waals surface area contributed by atoms with Gasteiger partial charge in [-0.25, -0.2) is 28.9 Å². The zero-order valence-corrected chi connectivity index (χ0v) is 32.7. The van der Waals surface area contributed by atoms with E-state index in [9.17, 15) is 28.4 Å². The molecule has 5 amide bonds. The summed E-state index contributed by atoms with van der Waals surface area (Å²) in [4.78, 5) is 75.3. The van der Waals surface area contributed by atoms with Crippen LogP contribution in [-0.4, -0.2) is 68.5 Å². The first-order chi connectivity index (χ1) is 28.1. The van der Waals surface area contributed by atoms with Gasteiger partial charge in [0.15, 0.2) is 17.4 Å². The maximum Gasteiger partial charge on any atom is 0.329 e. The molecule has 1 saturated heterocycles. The quantitative estimate of drug-likeness (QED) is 0.0590. The number of nitrogens with zero attached hydrogens (tertiary/aromatic N) is 5. The van der Waals surface area contributed by atoms with E-state index in [0.717, 1.165) is 74.8 Å². The molecule has 2 aromatic carbocycles. The lowest BCUT2D eigenvalue weighted by atomic mass is 10.0. The van der Waals surface area contributed by atoms with Crippen LogP contribution < -0.4 is 37.0 Å². The Morgan fingerprint density at radius 3 is 2.38 bits per heavy atom. The van der Waals surface area contributed by atoms with Gasteiger partial charge in [-0.3, -0.25) is 34.2 Å². The number of ether oxygens (including phenoxy) is 1. The molecular formula is C41H47FN10O6. The highest BCUT2D eigenvalue weighted by Crippen LogP contribution is 2.37. The maximum atomic E-state index is 13.5. The van der Waals surface area contributed by atoms with Crippen LogP contribution in [-0.2, 0) is 23.1 Å². The Morgan fingerprint density at radius 1 is 0.931 bits per heavy atom. The van der Waals surface area contributed by atoms with E-state index in [1.54, 1.807) is 35.9 Å². The van der Waals surface area contributed by atoms with Gasteiger partial charge >= 0.3 is 11.7 Å². The van der Waals surface area contributed by atoms with E-state index in [1.165, 1.54) is 24.9 Å². The van der Waals surface area contributed by atoms with Crippen molar-refractivity contribution in [3.05, 3.63) is 88.5 Å². The van der Waals surface area contributed by atoms with Gasteiger partial charge in [-0.2, -0.15) is 0 Å². The van der Waals surface area contributed by atoms with E-state index in [-0.39, 0.29) is 35.2 Å². The van der Waals surface area contributed by atoms with Gasteiger partial charge in [0.25, 0.3) is 5.91 Å². The number of methoxy groups -OCH3 is 1. The number of amides is 5. The van der Waals surface area contributed by atoms with E-state index >= 15 is 0 Å². The molecular weight excluding hydrogens is 748 g/mol. The van der Waals surface area contributed by atoms with Gasteiger partial charge in [0, 0.05) is 39.3 Å². The molecule has 1 fully saturated rings. The van der Waals surface area contributed by atoms with Crippen molar-refractivity contribution < 1.29 is 28.3 Å². The maximum absolute atomic E-state index is 13.5. The number of urea groups is 1. The average molecular weight is 795 g/mol. The second kappa shape index (κ2) is 19.0. The fourth-order valence-corrected chi connectivity index (χ4v) is 7.21. The number of hydrogen-bond acceptors (Lipinski definition) is 10. The average Bonchev–Trinajstić information content (AvgIpc) is 3.47. The number of imidazole rings is 1. The van der Waals surface area contributed by atoms with Gasteiger partial charge in [-0.15, -0.1) is 0 Å². The molecule has 6 rings (SSSR count). The summed E-state index contributed by atoms with van der Waals surface area (Å²) >= 11 is 0. The minimum Gasteiger partial charge on any atom is -0.494 e. The third-order valence-electron chi connectivity index (χ3n) is 10.1. The summed E-state index contributed by atoms with van der Waals surface area (Å²) in [5.41, 5.74) is 3.88. The van der Waals surface area contributed by atoms with Crippen LogP contribution >= 0.6 is 0 Å². The van der Waals surface area contributed by atoms with Crippen molar-refractivity contribution in [1.29, 1.82) is 0 Å². The van der Waals surface area contributed by atoms with Gasteiger partial charge in [0.2, 0.25) is 11.8 Å². The molecule has 4 heterocycles. The van der Waals surface area contributed by atoms with Crippen molar-refractivity contribution in [3.8, 4) is 17.1 Å². The number of aromatic nitrogens is 5. The van der Waals surface area contributed by atoms with E-state index in [1.807, 2.05) is 18.2 Å². The Kier molecular flexibility index (Phi) is 13.4. The van der Waals surface area contributed by atoms with Crippen LogP contribution in [0.2, 0.25) is 0 Å². The number of pyridine rings is 1. The molecule has 5 aromatic rings. The second-order valence-electron chi connectivity index (χ2n) is 14.0. The lowest BCUT2D eigenvalue weighted by molar-refractivity contribution is -0.135. The van der Waals surface area contributed by atoms with Gasteiger partial charge in [0.05, 0.1) is 53.0 Å². The van der Waals surface area contributed by atoms with Gasteiger partial charge in [0.1, 0.15) is 11.9 Å². The first-order valence-corrected chi connectivity index (χ1v) is 19.3. The van der Waals surface area contributed by atoms with Gasteiger partial charge in [-0.1, -0.05) is 50.3 Å². The first kappa shape index (κ1) is 41.0. The summed E-state index contributed by atoms with van der Waals surface area (Å²) in [5.74, 6) is -0.887. The topological polar surface area (TPSA) is 203 Å². The molecule has 1 aliphatic rings. The number of fused-ring (bicyclic) bond motifs is 1. The number of anilines is 3. The number of hydrogen-bond donors (Lipinski definition) is 5. The summed E-state index contributed by atoms with van der Waals surface area (Å²) in [6.07, 6.45) is 11.7. The Hall–Kier alpha value is -6.65. The molecule has 0 saturated carbocycles. The van der Waals surface area contributed by atoms with E-state index in [4.69, 9.17) is 4.74 Å². The van der Waals surface area contributed by atoms with Crippen LogP contribution in [0, 0.1) is 5.82 Å². The van der Waals surface area contributed by atoms with E-state index in [0.29, 0.717) is 41.2 Å². The third kappa shape index (κ3) is 9.47. The number of nitrogens with one attached hydrogen (secondary N) is 5. The fraction of sp³-hybridized carbons (Fsp3) is 0.366. The smallest absolute Gasteiger partial charge is 0.329 e. The largest absolute Gasteiger partial charge is 0.494 e. The third-order valence-corrected chi connectivity index (χ3v) is 10.1. The van der Waals surface area contributed by atoms with Crippen molar-refractivity contribution in [2.75, 3.05) is 31.3 Å². The summed E-state index contributed by atoms with van der Waals surface area (Å²) in [6, 6.07) is 11.4. The summed E-state index contributed by atoms with van der Waals surface area (Å²) < 4.78 is 22.2. The first-order valence-electron chi connectivity index (χ1n) is 19.3. The van der Waals surface area contributed by atoms with Crippen LogP contribution in [0.5, 0.6) is 5.75 Å². The number of unbranched alkanes of at least 4 members (excludes halogenated alkanes) is 6. The highest BCUT2D eigenvalue weighted by molar-refractivity contribution is 6.02. The lowest BCUT2D eigenvalue weighted by Crippen LogP contribution is -2.44. The fourth-order valence-electron chi connectivity index (χ4n) is 7.21. The lowest BCUT2D eigenvalue weighted by Gasteiger charge is -2.21. The predicted octanol–water partition coefficient (Wildman–Crippen LogP) is 5.52.